The molecule has 0 aliphatic carbocycles. The van der Waals surface area contributed by atoms with Crippen LogP contribution in [0.3, 0.4) is 0 Å². The van der Waals surface area contributed by atoms with Gasteiger partial charge in [0.2, 0.25) is 5.91 Å². The number of hydrogen-bond donors (Lipinski definition) is 1. The summed E-state index contributed by atoms with van der Waals surface area (Å²) in [6.07, 6.45) is 0.397. The number of carbonyl (C=O) groups excluding carboxylic acids is 2. The lowest BCUT2D eigenvalue weighted by molar-refractivity contribution is -0.137. The first kappa shape index (κ1) is 19.7. The molecule has 1 atom stereocenters. The molecule has 2 aromatic rings. The highest BCUT2D eigenvalue weighted by Crippen LogP contribution is 2.21. The molecule has 7 heteroatoms. The van der Waals surface area contributed by atoms with Gasteiger partial charge >= 0.3 is 0 Å². The van der Waals surface area contributed by atoms with Gasteiger partial charge in [0.15, 0.2) is 0 Å². The van der Waals surface area contributed by atoms with E-state index in [0.29, 0.717) is 37.7 Å². The Kier molecular flexibility index (Phi) is 6.72. The van der Waals surface area contributed by atoms with Crippen LogP contribution < -0.4 is 5.32 Å². The summed E-state index contributed by atoms with van der Waals surface area (Å²) in [4.78, 5) is 27.5. The summed E-state index contributed by atoms with van der Waals surface area (Å²) in [5.74, 6) is -0.528. The van der Waals surface area contributed by atoms with E-state index >= 15 is 0 Å². The minimum absolute atomic E-state index is 0.124. The summed E-state index contributed by atoms with van der Waals surface area (Å²) in [7, 11) is 0. The van der Waals surface area contributed by atoms with Gasteiger partial charge in [-0.15, -0.1) is 0 Å². The molecule has 1 unspecified atom stereocenters. The average Bonchev–Trinajstić information content (AvgIpc) is 2.68. The number of carbonyl (C=O) groups is 2. The molecule has 1 heterocycles. The van der Waals surface area contributed by atoms with Crippen LogP contribution in [0.4, 0.5) is 0 Å². The van der Waals surface area contributed by atoms with Crippen LogP contribution in [0.1, 0.15) is 15.9 Å². The number of ether oxygens (including phenoxy) is 1. The fourth-order valence-corrected chi connectivity index (χ4v) is 3.46. The Labute approximate surface area is 168 Å². The van der Waals surface area contributed by atoms with Gasteiger partial charge in [-0.05, 0) is 23.8 Å². The number of benzene rings is 2. The van der Waals surface area contributed by atoms with Gasteiger partial charge in [0.1, 0.15) is 6.04 Å². The van der Waals surface area contributed by atoms with Crippen molar-refractivity contribution in [1.82, 2.24) is 10.2 Å². The SMILES string of the molecule is O=C(NC(Cc1ccccc1)C(=O)N1CCOCC1)c1ccc(Cl)cc1Cl. The highest BCUT2D eigenvalue weighted by molar-refractivity contribution is 6.36. The van der Waals surface area contributed by atoms with Gasteiger partial charge in [0.25, 0.3) is 5.91 Å². The van der Waals surface area contributed by atoms with Crippen molar-refractivity contribution in [3.05, 3.63) is 69.7 Å². The molecule has 142 valence electrons. The first-order valence-electron chi connectivity index (χ1n) is 8.71. The topological polar surface area (TPSA) is 58.6 Å². The van der Waals surface area contributed by atoms with Gasteiger partial charge < -0.3 is 15.0 Å². The van der Waals surface area contributed by atoms with Crippen molar-refractivity contribution in [2.24, 2.45) is 0 Å². The van der Waals surface area contributed by atoms with E-state index in [1.807, 2.05) is 30.3 Å². The van der Waals surface area contributed by atoms with Crippen LogP contribution in [0.15, 0.2) is 48.5 Å². The smallest absolute Gasteiger partial charge is 0.253 e. The second-order valence-electron chi connectivity index (χ2n) is 6.28. The summed E-state index contributed by atoms with van der Waals surface area (Å²) < 4.78 is 5.31. The third-order valence-corrected chi connectivity index (χ3v) is 4.93. The molecule has 0 saturated carbocycles. The second-order valence-corrected chi connectivity index (χ2v) is 7.12. The number of nitrogens with one attached hydrogen (secondary N) is 1. The normalized spacial score (nSPS) is 15.3. The summed E-state index contributed by atoms with van der Waals surface area (Å²) in [6.45, 7) is 2.03. The molecule has 0 bridgehead atoms. The lowest BCUT2D eigenvalue weighted by Crippen LogP contribution is -2.52. The molecular weight excluding hydrogens is 387 g/mol. The second kappa shape index (κ2) is 9.22. The van der Waals surface area contributed by atoms with Crippen LogP contribution in [0.5, 0.6) is 0 Å². The van der Waals surface area contributed by atoms with E-state index in [2.05, 4.69) is 5.32 Å². The Morgan fingerprint density at radius 2 is 1.78 bits per heavy atom. The highest BCUT2D eigenvalue weighted by atomic mass is 35.5. The fraction of sp³-hybridized carbons (Fsp3) is 0.300. The molecule has 1 saturated heterocycles. The zero-order valence-electron chi connectivity index (χ0n) is 14.7. The van der Waals surface area contributed by atoms with E-state index in [1.54, 1.807) is 17.0 Å². The van der Waals surface area contributed by atoms with Gasteiger partial charge in [0.05, 0.1) is 23.8 Å². The van der Waals surface area contributed by atoms with Gasteiger partial charge in [-0.1, -0.05) is 53.5 Å². The van der Waals surface area contributed by atoms with Gasteiger partial charge in [0, 0.05) is 24.5 Å². The molecule has 0 aromatic heterocycles. The quantitative estimate of drug-likeness (QED) is 0.829. The van der Waals surface area contributed by atoms with Crippen LogP contribution in [-0.2, 0) is 16.0 Å². The molecule has 0 spiro atoms. The van der Waals surface area contributed by atoms with E-state index in [-0.39, 0.29) is 16.5 Å². The fourth-order valence-electron chi connectivity index (χ4n) is 2.96. The lowest BCUT2D eigenvalue weighted by Gasteiger charge is -2.31. The zero-order chi connectivity index (χ0) is 19.2. The highest BCUT2D eigenvalue weighted by Gasteiger charge is 2.28. The van der Waals surface area contributed by atoms with Crippen LogP contribution in [0.2, 0.25) is 10.0 Å². The third-order valence-electron chi connectivity index (χ3n) is 4.38. The van der Waals surface area contributed by atoms with Crippen LogP contribution >= 0.6 is 23.2 Å². The first-order chi connectivity index (χ1) is 13.0. The van der Waals surface area contributed by atoms with Crippen molar-refractivity contribution >= 4 is 35.0 Å². The standard InChI is InChI=1S/C20H20Cl2N2O3/c21-15-6-7-16(17(22)13-15)19(25)23-18(12-14-4-2-1-3-5-14)20(26)24-8-10-27-11-9-24/h1-7,13,18H,8-12H2,(H,23,25). The van der Waals surface area contributed by atoms with E-state index in [0.717, 1.165) is 5.56 Å². The molecule has 1 N–H and O–H groups in total. The molecule has 2 aromatic carbocycles. The maximum atomic E-state index is 13.0. The number of hydrogen-bond acceptors (Lipinski definition) is 3. The maximum Gasteiger partial charge on any atom is 0.253 e. The number of halogens is 2. The van der Waals surface area contributed by atoms with Crippen molar-refractivity contribution in [2.75, 3.05) is 26.3 Å². The van der Waals surface area contributed by atoms with E-state index in [1.165, 1.54) is 6.07 Å². The molecule has 1 aliphatic rings. The maximum absolute atomic E-state index is 13.0. The number of morpholine rings is 1. The van der Waals surface area contributed by atoms with E-state index in [4.69, 9.17) is 27.9 Å². The summed E-state index contributed by atoms with van der Waals surface area (Å²) >= 11 is 12.0. The average molecular weight is 407 g/mol. The van der Waals surface area contributed by atoms with Crippen LogP contribution in [-0.4, -0.2) is 49.1 Å². The van der Waals surface area contributed by atoms with Crippen LogP contribution in [0.25, 0.3) is 0 Å². The van der Waals surface area contributed by atoms with Crippen LogP contribution in [0, 0.1) is 0 Å². The lowest BCUT2D eigenvalue weighted by atomic mass is 10.0. The Balaban J connectivity index is 1.79. The molecular formula is C20H20Cl2N2O3. The van der Waals surface area contributed by atoms with Crippen molar-refractivity contribution < 1.29 is 14.3 Å². The third kappa shape index (κ3) is 5.22. The van der Waals surface area contributed by atoms with Crippen molar-refractivity contribution in [3.63, 3.8) is 0 Å². The molecule has 2 amide bonds. The summed E-state index contributed by atoms with van der Waals surface area (Å²) in [5.41, 5.74) is 1.25. The monoisotopic (exact) mass is 406 g/mol. The number of rotatable bonds is 5. The molecule has 1 fully saturated rings. The first-order valence-corrected chi connectivity index (χ1v) is 9.46. The minimum Gasteiger partial charge on any atom is -0.378 e. The zero-order valence-corrected chi connectivity index (χ0v) is 16.2. The van der Waals surface area contributed by atoms with Gasteiger partial charge in [-0.25, -0.2) is 0 Å². The van der Waals surface area contributed by atoms with Gasteiger partial charge in [-0.3, -0.25) is 9.59 Å². The molecule has 0 radical (unpaired) electrons. The van der Waals surface area contributed by atoms with Crippen molar-refractivity contribution in [2.45, 2.75) is 12.5 Å². The van der Waals surface area contributed by atoms with Gasteiger partial charge in [-0.2, -0.15) is 0 Å². The number of amides is 2. The Hall–Kier alpha value is -2.08. The Morgan fingerprint density at radius 1 is 1.07 bits per heavy atom. The number of nitrogens with zero attached hydrogens (tertiary/aromatic N) is 1. The predicted molar refractivity (Wildman–Crippen MR) is 105 cm³/mol. The predicted octanol–water partition coefficient (Wildman–Crippen LogP) is 3.19. The largest absolute Gasteiger partial charge is 0.378 e. The Bertz CT molecular complexity index is 808. The molecule has 5 nitrogen and oxygen atoms in total. The molecule has 1 aliphatic heterocycles. The summed E-state index contributed by atoms with van der Waals surface area (Å²) in [6, 6.07) is 13.6. The molecule has 27 heavy (non-hydrogen) atoms. The summed E-state index contributed by atoms with van der Waals surface area (Å²) in [5, 5.41) is 3.53. The van der Waals surface area contributed by atoms with Crippen molar-refractivity contribution in [3.8, 4) is 0 Å². The Morgan fingerprint density at radius 3 is 2.44 bits per heavy atom. The minimum atomic E-state index is -0.690. The van der Waals surface area contributed by atoms with E-state index < -0.39 is 11.9 Å². The van der Waals surface area contributed by atoms with E-state index in [9.17, 15) is 9.59 Å². The molecule has 3 rings (SSSR count). The van der Waals surface area contributed by atoms with Crippen molar-refractivity contribution in [1.29, 1.82) is 0 Å².